The fourth-order valence-corrected chi connectivity index (χ4v) is 9.61. The molecule has 338 valence electrons. The Morgan fingerprint density at radius 2 is 0.561 bits per heavy atom. The Kier molecular flexibility index (Phi) is 42.6. The van der Waals surface area contributed by atoms with Crippen molar-refractivity contribution in [1.29, 1.82) is 0 Å². The summed E-state index contributed by atoms with van der Waals surface area (Å²) in [5.74, 6) is 2.26. The zero-order chi connectivity index (χ0) is 41.0. The second kappa shape index (κ2) is 44.8. The number of aromatic amines is 1. The van der Waals surface area contributed by atoms with Gasteiger partial charge in [-0.25, -0.2) is 9.55 Å². The highest BCUT2D eigenvalue weighted by Gasteiger charge is 2.25. The highest BCUT2D eigenvalue weighted by atomic mass is 15.1. The number of H-pyrrole nitrogens is 1. The number of hydrogen-bond acceptors (Lipinski definition) is 0. The molecule has 2 nitrogen and oxygen atoms in total. The van der Waals surface area contributed by atoms with Crippen LogP contribution in [-0.4, -0.2) is 4.98 Å². The van der Waals surface area contributed by atoms with Gasteiger partial charge in [0.15, 0.2) is 0 Å². The molecule has 0 aliphatic rings. The zero-order valence-electron chi connectivity index (χ0n) is 40.3. The molecule has 57 heavy (non-hydrogen) atoms. The molecule has 1 N–H and O–H groups in total. The molecule has 0 fully saturated rings. The Hall–Kier alpha value is -0.790. The summed E-state index contributed by atoms with van der Waals surface area (Å²) < 4.78 is 2.67. The van der Waals surface area contributed by atoms with Crippen LogP contribution < -0.4 is 4.57 Å². The van der Waals surface area contributed by atoms with Crippen LogP contribution in [0.25, 0.3) is 0 Å². The Labute approximate surface area is 361 Å². The van der Waals surface area contributed by atoms with Crippen molar-refractivity contribution in [3.8, 4) is 0 Å². The number of unbranched alkanes of at least 4 members (excludes halogenated alkanes) is 40. The monoisotopic (exact) mass is 798 g/mol. The van der Waals surface area contributed by atoms with Crippen LogP contribution in [0.1, 0.15) is 341 Å². The average Bonchev–Trinajstić information content (AvgIpc) is 3.72. The molecule has 0 aliphatic heterocycles. The van der Waals surface area contributed by atoms with Crippen molar-refractivity contribution in [2.45, 2.75) is 335 Å². The van der Waals surface area contributed by atoms with E-state index in [2.05, 4.69) is 49.6 Å². The zero-order valence-corrected chi connectivity index (χ0v) is 40.3. The number of aromatic nitrogens is 2. The van der Waals surface area contributed by atoms with Crippen LogP contribution in [0.3, 0.4) is 0 Å². The summed E-state index contributed by atoms with van der Waals surface area (Å²) >= 11 is 0. The molecular formula is C55H109N2+. The summed E-state index contributed by atoms with van der Waals surface area (Å²) in [6.07, 6.45) is 71.0. The average molecular weight is 798 g/mol. The molecule has 0 spiro atoms. The van der Waals surface area contributed by atoms with Gasteiger partial charge in [-0.1, -0.05) is 290 Å². The van der Waals surface area contributed by atoms with Crippen LogP contribution in [0.4, 0.5) is 0 Å². The molecule has 2 heteroatoms. The number of imidazole rings is 1. The van der Waals surface area contributed by atoms with Crippen LogP contribution in [0.2, 0.25) is 0 Å². The maximum absolute atomic E-state index is 3.80. The summed E-state index contributed by atoms with van der Waals surface area (Å²) in [5, 5.41) is 0. The molecule has 0 bridgehead atoms. The highest BCUT2D eigenvalue weighted by molar-refractivity contribution is 4.90. The Bertz CT molecular complexity index is 874. The number of rotatable bonds is 48. The topological polar surface area (TPSA) is 19.7 Å². The van der Waals surface area contributed by atoms with Crippen molar-refractivity contribution in [1.82, 2.24) is 4.98 Å². The van der Waals surface area contributed by atoms with Crippen molar-refractivity contribution < 1.29 is 4.57 Å². The number of hydrogen-bond donors (Lipinski definition) is 1. The third kappa shape index (κ3) is 35.7. The summed E-state index contributed by atoms with van der Waals surface area (Å²) in [5.41, 5.74) is 0. The van der Waals surface area contributed by atoms with E-state index in [1.54, 1.807) is 5.82 Å². The van der Waals surface area contributed by atoms with Crippen LogP contribution in [0.5, 0.6) is 0 Å². The van der Waals surface area contributed by atoms with E-state index in [9.17, 15) is 0 Å². The van der Waals surface area contributed by atoms with Gasteiger partial charge < -0.3 is 0 Å². The first-order valence-corrected chi connectivity index (χ1v) is 27.3. The fraction of sp³-hybridized carbons (Fsp3) is 0.945. The SMILES string of the molecule is CCCCCCCCCCCCCCCCCCC(CCCCCCCCCCCCCCCC)c1[nH]cc[n+]1C(C)CCCCCCCCCCCCCCC. The Morgan fingerprint density at radius 1 is 0.333 bits per heavy atom. The lowest BCUT2D eigenvalue weighted by Gasteiger charge is -2.17. The Morgan fingerprint density at radius 3 is 0.825 bits per heavy atom. The van der Waals surface area contributed by atoms with Gasteiger partial charge in [0.25, 0.3) is 5.82 Å². The molecule has 0 aliphatic carbocycles. The van der Waals surface area contributed by atoms with Gasteiger partial charge in [-0.15, -0.1) is 0 Å². The molecule has 2 unspecified atom stereocenters. The lowest BCUT2D eigenvalue weighted by molar-refractivity contribution is -0.727. The standard InChI is InChI=1S/C55H108N2/c1-5-8-11-14-17-20-23-26-28-29-32-35-38-41-44-47-50-54(49-46-43-40-37-34-31-27-24-21-18-15-12-9-6-2)55-56-51-52-57(55)53(4)48-45-42-39-36-33-30-25-22-19-16-13-10-7-3/h51-54H,5-50H2,1-4H3/p+1. The minimum absolute atomic E-state index is 0.614. The van der Waals surface area contributed by atoms with Gasteiger partial charge in [-0.05, 0) is 32.6 Å². The van der Waals surface area contributed by atoms with Crippen LogP contribution in [0.15, 0.2) is 12.4 Å². The molecular weight excluding hydrogens is 689 g/mol. The van der Waals surface area contributed by atoms with Crippen molar-refractivity contribution >= 4 is 0 Å². The summed E-state index contributed by atoms with van der Waals surface area (Å²) in [6.45, 7) is 9.45. The fourth-order valence-electron chi connectivity index (χ4n) is 9.61. The van der Waals surface area contributed by atoms with E-state index in [-0.39, 0.29) is 0 Å². The summed E-state index contributed by atoms with van der Waals surface area (Å²) in [7, 11) is 0. The third-order valence-electron chi connectivity index (χ3n) is 13.6. The van der Waals surface area contributed by atoms with Crippen molar-refractivity contribution in [3.05, 3.63) is 18.2 Å². The first-order valence-electron chi connectivity index (χ1n) is 27.3. The molecule has 0 aromatic carbocycles. The van der Waals surface area contributed by atoms with Crippen LogP contribution in [0, 0.1) is 0 Å². The minimum Gasteiger partial charge on any atom is -0.247 e. The van der Waals surface area contributed by atoms with Gasteiger partial charge >= 0.3 is 0 Å². The van der Waals surface area contributed by atoms with Crippen molar-refractivity contribution in [3.63, 3.8) is 0 Å². The van der Waals surface area contributed by atoms with Gasteiger partial charge in [0.1, 0.15) is 12.4 Å². The normalized spacial score (nSPS) is 12.8. The first kappa shape index (κ1) is 54.2. The number of nitrogens with zero attached hydrogens (tertiary/aromatic N) is 1. The molecule has 1 aromatic heterocycles. The van der Waals surface area contributed by atoms with Crippen LogP contribution in [-0.2, 0) is 0 Å². The smallest absolute Gasteiger partial charge is 0.247 e. The van der Waals surface area contributed by atoms with Crippen LogP contribution >= 0.6 is 0 Å². The summed E-state index contributed by atoms with van der Waals surface area (Å²) in [6, 6.07) is 0.614. The molecule has 1 heterocycles. The van der Waals surface area contributed by atoms with E-state index >= 15 is 0 Å². The third-order valence-corrected chi connectivity index (χ3v) is 13.6. The van der Waals surface area contributed by atoms with Gasteiger partial charge in [0, 0.05) is 0 Å². The lowest BCUT2D eigenvalue weighted by Crippen LogP contribution is -2.41. The van der Waals surface area contributed by atoms with E-state index in [4.69, 9.17) is 0 Å². The van der Waals surface area contributed by atoms with E-state index in [1.807, 2.05) is 0 Å². The predicted molar refractivity (Wildman–Crippen MR) is 258 cm³/mol. The quantitative estimate of drug-likeness (QED) is 0.0501. The van der Waals surface area contributed by atoms with Gasteiger partial charge in [-0.3, -0.25) is 0 Å². The summed E-state index contributed by atoms with van der Waals surface area (Å²) in [4.78, 5) is 3.80. The molecule has 0 amide bonds. The molecule has 0 saturated heterocycles. The van der Waals surface area contributed by atoms with Gasteiger partial charge in [-0.2, -0.15) is 0 Å². The molecule has 1 aromatic rings. The van der Waals surface area contributed by atoms with E-state index in [0.29, 0.717) is 12.0 Å². The van der Waals surface area contributed by atoms with E-state index < -0.39 is 0 Å². The first-order chi connectivity index (χ1) is 28.2. The van der Waals surface area contributed by atoms with E-state index in [1.165, 1.54) is 295 Å². The second-order valence-electron chi connectivity index (χ2n) is 19.3. The maximum atomic E-state index is 3.80. The minimum atomic E-state index is 0.614. The lowest BCUT2D eigenvalue weighted by atomic mass is 9.92. The molecule has 1 rings (SSSR count). The Balaban J connectivity index is 2.35. The molecule has 0 radical (unpaired) electrons. The van der Waals surface area contributed by atoms with E-state index in [0.717, 1.165) is 0 Å². The highest BCUT2D eigenvalue weighted by Crippen LogP contribution is 2.28. The van der Waals surface area contributed by atoms with Gasteiger partial charge in [0.2, 0.25) is 0 Å². The largest absolute Gasteiger partial charge is 0.257 e. The van der Waals surface area contributed by atoms with Crippen molar-refractivity contribution in [2.24, 2.45) is 0 Å². The number of nitrogens with one attached hydrogen (secondary N) is 1. The predicted octanol–water partition coefficient (Wildman–Crippen LogP) is 20.0. The maximum Gasteiger partial charge on any atom is 0.257 e. The second-order valence-corrected chi connectivity index (χ2v) is 19.3. The molecule has 2 atom stereocenters. The van der Waals surface area contributed by atoms with Crippen molar-refractivity contribution in [2.75, 3.05) is 0 Å². The molecule has 0 saturated carbocycles. The van der Waals surface area contributed by atoms with Gasteiger partial charge in [0.05, 0.1) is 12.0 Å².